The van der Waals surface area contributed by atoms with Gasteiger partial charge in [0.1, 0.15) is 5.82 Å². The average Bonchev–Trinajstić information content (AvgIpc) is 2.27. The first-order chi connectivity index (χ1) is 8.54. The Hall–Kier alpha value is -2.43. The number of rotatable bonds is 2. The molecule has 0 saturated carbocycles. The Morgan fingerprint density at radius 2 is 2.06 bits per heavy atom. The zero-order valence-corrected chi connectivity index (χ0v) is 9.66. The van der Waals surface area contributed by atoms with Crippen LogP contribution in [0.1, 0.15) is 15.9 Å². The maximum Gasteiger partial charge on any atom is 0.255 e. The van der Waals surface area contributed by atoms with E-state index in [9.17, 15) is 14.0 Å². The van der Waals surface area contributed by atoms with E-state index in [4.69, 9.17) is 0 Å². The summed E-state index contributed by atoms with van der Waals surface area (Å²) in [6.45, 7) is 1.73. The van der Waals surface area contributed by atoms with E-state index in [2.05, 4.69) is 10.3 Å². The number of benzene rings is 1. The predicted molar refractivity (Wildman–Crippen MR) is 66.2 cm³/mol. The standard InChI is InChI=1S/C13H11FN2O2/c1-8-4-10(14)7-11(5-8)16-13(18)9-2-3-15-12(17)6-9/h2-7H,1H3,(H,15,17)(H,16,18). The number of halogens is 1. The van der Waals surface area contributed by atoms with Crippen molar-refractivity contribution in [2.45, 2.75) is 6.92 Å². The number of nitrogens with one attached hydrogen (secondary N) is 2. The summed E-state index contributed by atoms with van der Waals surface area (Å²) in [5.41, 5.74) is 0.924. The van der Waals surface area contributed by atoms with Crippen molar-refractivity contribution in [2.75, 3.05) is 5.32 Å². The fraction of sp³-hybridized carbons (Fsp3) is 0.0769. The summed E-state index contributed by atoms with van der Waals surface area (Å²) in [5.74, 6) is -0.873. The summed E-state index contributed by atoms with van der Waals surface area (Å²) in [5, 5.41) is 2.54. The highest BCUT2D eigenvalue weighted by molar-refractivity contribution is 6.04. The van der Waals surface area contributed by atoms with E-state index in [1.54, 1.807) is 13.0 Å². The highest BCUT2D eigenvalue weighted by Crippen LogP contribution is 2.14. The molecule has 0 aliphatic heterocycles. The van der Waals surface area contributed by atoms with Gasteiger partial charge in [0.15, 0.2) is 0 Å². The normalized spacial score (nSPS) is 10.1. The maximum absolute atomic E-state index is 13.1. The molecule has 2 rings (SSSR count). The molecule has 1 aromatic heterocycles. The van der Waals surface area contributed by atoms with E-state index < -0.39 is 11.7 Å². The van der Waals surface area contributed by atoms with Gasteiger partial charge in [0.05, 0.1) is 0 Å². The van der Waals surface area contributed by atoms with Crippen molar-refractivity contribution >= 4 is 11.6 Å². The molecule has 1 aromatic carbocycles. The van der Waals surface area contributed by atoms with Crippen molar-refractivity contribution in [1.29, 1.82) is 0 Å². The molecule has 0 atom stereocenters. The van der Waals surface area contributed by atoms with Crippen molar-refractivity contribution < 1.29 is 9.18 Å². The number of H-pyrrole nitrogens is 1. The SMILES string of the molecule is Cc1cc(F)cc(NC(=O)c2cc[nH]c(=O)c2)c1. The molecule has 92 valence electrons. The summed E-state index contributed by atoms with van der Waals surface area (Å²) in [7, 11) is 0. The zero-order valence-electron chi connectivity index (χ0n) is 9.66. The van der Waals surface area contributed by atoms with Crippen LogP contribution in [0.5, 0.6) is 0 Å². The molecule has 1 amide bonds. The molecule has 0 aliphatic carbocycles. The van der Waals surface area contributed by atoms with Crippen LogP contribution in [0.15, 0.2) is 41.3 Å². The van der Waals surface area contributed by atoms with E-state index >= 15 is 0 Å². The molecule has 0 spiro atoms. The van der Waals surface area contributed by atoms with E-state index in [0.717, 1.165) is 0 Å². The lowest BCUT2D eigenvalue weighted by Crippen LogP contribution is -2.15. The molecule has 0 aliphatic rings. The van der Waals surface area contributed by atoms with Crippen LogP contribution < -0.4 is 10.9 Å². The highest BCUT2D eigenvalue weighted by Gasteiger charge is 2.07. The number of aromatic nitrogens is 1. The topological polar surface area (TPSA) is 62.0 Å². The van der Waals surface area contributed by atoms with Crippen molar-refractivity contribution in [3.05, 3.63) is 63.8 Å². The van der Waals surface area contributed by atoms with Gasteiger partial charge in [-0.05, 0) is 36.8 Å². The van der Waals surface area contributed by atoms with Gasteiger partial charge in [-0.15, -0.1) is 0 Å². The Morgan fingerprint density at radius 3 is 2.72 bits per heavy atom. The number of anilines is 1. The molecule has 5 heteroatoms. The van der Waals surface area contributed by atoms with Gasteiger partial charge in [0, 0.05) is 23.5 Å². The van der Waals surface area contributed by atoms with Crippen molar-refractivity contribution in [3.63, 3.8) is 0 Å². The fourth-order valence-corrected chi connectivity index (χ4v) is 1.60. The Labute approximate surface area is 102 Å². The van der Waals surface area contributed by atoms with E-state index in [1.807, 2.05) is 0 Å². The molecule has 4 nitrogen and oxygen atoms in total. The molecule has 18 heavy (non-hydrogen) atoms. The molecule has 2 aromatic rings. The Morgan fingerprint density at radius 1 is 1.28 bits per heavy atom. The molecule has 1 heterocycles. The van der Waals surface area contributed by atoms with Crippen LogP contribution in [0.2, 0.25) is 0 Å². The molecular formula is C13H11FN2O2. The first kappa shape index (κ1) is 12.0. The molecule has 0 fully saturated rings. The number of aryl methyl sites for hydroxylation is 1. The number of carbonyl (C=O) groups excluding carboxylic acids is 1. The largest absolute Gasteiger partial charge is 0.329 e. The minimum Gasteiger partial charge on any atom is -0.329 e. The Kier molecular flexibility index (Phi) is 3.23. The average molecular weight is 246 g/mol. The van der Waals surface area contributed by atoms with Gasteiger partial charge in [-0.2, -0.15) is 0 Å². The van der Waals surface area contributed by atoms with Gasteiger partial charge >= 0.3 is 0 Å². The zero-order chi connectivity index (χ0) is 13.1. The minimum atomic E-state index is -0.453. The van der Waals surface area contributed by atoms with Gasteiger partial charge in [0.2, 0.25) is 5.56 Å². The number of hydrogen-bond donors (Lipinski definition) is 2. The molecule has 0 radical (unpaired) electrons. The summed E-state index contributed by atoms with van der Waals surface area (Å²) in [6, 6.07) is 6.89. The molecular weight excluding hydrogens is 235 g/mol. The number of hydrogen-bond acceptors (Lipinski definition) is 2. The summed E-state index contributed by atoms with van der Waals surface area (Å²) in [6.07, 6.45) is 1.38. The van der Waals surface area contributed by atoms with Crippen LogP contribution >= 0.6 is 0 Å². The Balaban J connectivity index is 2.24. The second-order valence-corrected chi connectivity index (χ2v) is 3.91. The van der Waals surface area contributed by atoms with Gasteiger partial charge in [-0.1, -0.05) is 0 Å². The van der Waals surface area contributed by atoms with Gasteiger partial charge < -0.3 is 10.3 Å². The van der Waals surface area contributed by atoms with E-state index in [0.29, 0.717) is 11.3 Å². The van der Waals surface area contributed by atoms with Crippen LogP contribution in [0, 0.1) is 12.7 Å². The fourth-order valence-electron chi connectivity index (χ4n) is 1.60. The molecule has 0 bridgehead atoms. The van der Waals surface area contributed by atoms with Crippen LogP contribution in [0.4, 0.5) is 10.1 Å². The lowest BCUT2D eigenvalue weighted by Gasteiger charge is -2.06. The predicted octanol–water partition coefficient (Wildman–Crippen LogP) is 2.07. The van der Waals surface area contributed by atoms with Crippen LogP contribution in [-0.4, -0.2) is 10.9 Å². The lowest BCUT2D eigenvalue weighted by molar-refractivity contribution is 0.102. The maximum atomic E-state index is 13.1. The van der Waals surface area contributed by atoms with E-state index in [-0.39, 0.29) is 11.1 Å². The third-order valence-electron chi connectivity index (χ3n) is 2.34. The second-order valence-electron chi connectivity index (χ2n) is 3.91. The van der Waals surface area contributed by atoms with Crippen molar-refractivity contribution in [3.8, 4) is 0 Å². The quantitative estimate of drug-likeness (QED) is 0.852. The summed E-state index contributed by atoms with van der Waals surface area (Å²) >= 11 is 0. The number of pyridine rings is 1. The number of carbonyl (C=O) groups is 1. The number of amides is 1. The smallest absolute Gasteiger partial charge is 0.255 e. The van der Waals surface area contributed by atoms with Gasteiger partial charge in [-0.25, -0.2) is 4.39 Å². The third kappa shape index (κ3) is 2.82. The van der Waals surface area contributed by atoms with Crippen LogP contribution in [0.3, 0.4) is 0 Å². The van der Waals surface area contributed by atoms with Crippen LogP contribution in [0.25, 0.3) is 0 Å². The minimum absolute atomic E-state index is 0.223. The van der Waals surface area contributed by atoms with Gasteiger partial charge in [0.25, 0.3) is 5.91 Å². The van der Waals surface area contributed by atoms with Crippen molar-refractivity contribution in [1.82, 2.24) is 4.98 Å². The third-order valence-corrected chi connectivity index (χ3v) is 2.34. The first-order valence-electron chi connectivity index (χ1n) is 5.32. The van der Waals surface area contributed by atoms with Crippen LogP contribution in [-0.2, 0) is 0 Å². The lowest BCUT2D eigenvalue weighted by atomic mass is 10.2. The molecule has 2 N–H and O–H groups in total. The molecule has 0 saturated heterocycles. The first-order valence-corrected chi connectivity index (χ1v) is 5.32. The number of aromatic amines is 1. The monoisotopic (exact) mass is 246 g/mol. The summed E-state index contributed by atoms with van der Waals surface area (Å²) < 4.78 is 13.1. The molecule has 0 unspecified atom stereocenters. The highest BCUT2D eigenvalue weighted by atomic mass is 19.1. The Bertz CT molecular complexity index is 629. The van der Waals surface area contributed by atoms with E-state index in [1.165, 1.54) is 30.5 Å². The summed E-state index contributed by atoms with van der Waals surface area (Å²) in [4.78, 5) is 25.3. The van der Waals surface area contributed by atoms with Gasteiger partial charge in [-0.3, -0.25) is 9.59 Å². The van der Waals surface area contributed by atoms with Crippen molar-refractivity contribution in [2.24, 2.45) is 0 Å². The second kappa shape index (κ2) is 4.83.